The fourth-order valence-electron chi connectivity index (χ4n) is 4.56. The van der Waals surface area contributed by atoms with Crippen molar-refractivity contribution < 1.29 is 0 Å². The Morgan fingerprint density at radius 2 is 1.32 bits per heavy atom. The average molecular weight is 565 g/mol. The summed E-state index contributed by atoms with van der Waals surface area (Å²) < 4.78 is 4.82. The average Bonchev–Trinajstić information content (AvgIpc) is 3.27. The molecule has 0 radical (unpaired) electrons. The van der Waals surface area contributed by atoms with E-state index in [4.69, 9.17) is 4.98 Å². The molecule has 0 aliphatic rings. The molecule has 9 heteroatoms. The SMILES string of the molecule is CC#CCn1c(Br)nc2c1c(=O)n(Cc1ccc3ccccc3n1)c(=O)n2Cc1ccc2ccccc2n1. The van der Waals surface area contributed by atoms with E-state index in [-0.39, 0.29) is 25.3 Å². The van der Waals surface area contributed by atoms with Crippen LogP contribution in [0.3, 0.4) is 0 Å². The molecule has 0 unspecified atom stereocenters. The van der Waals surface area contributed by atoms with Crippen LogP contribution in [0.25, 0.3) is 33.0 Å². The van der Waals surface area contributed by atoms with E-state index in [2.05, 4.69) is 37.7 Å². The largest absolute Gasteiger partial charge is 0.333 e. The van der Waals surface area contributed by atoms with Crippen molar-refractivity contribution in [2.24, 2.45) is 0 Å². The molecule has 4 aromatic heterocycles. The first-order chi connectivity index (χ1) is 18.5. The van der Waals surface area contributed by atoms with E-state index in [1.54, 1.807) is 11.5 Å². The lowest BCUT2D eigenvalue weighted by Gasteiger charge is -2.12. The highest BCUT2D eigenvalue weighted by Gasteiger charge is 2.21. The molecule has 8 nitrogen and oxygen atoms in total. The molecule has 0 saturated heterocycles. The number of rotatable bonds is 5. The van der Waals surface area contributed by atoms with Crippen LogP contribution in [0.2, 0.25) is 0 Å². The summed E-state index contributed by atoms with van der Waals surface area (Å²) in [6.45, 7) is 2.15. The summed E-state index contributed by atoms with van der Waals surface area (Å²) in [6.07, 6.45) is 0. The summed E-state index contributed by atoms with van der Waals surface area (Å²) in [5, 5.41) is 1.99. The topological polar surface area (TPSA) is 87.6 Å². The molecule has 0 amide bonds. The van der Waals surface area contributed by atoms with Gasteiger partial charge in [0.15, 0.2) is 15.9 Å². The molecule has 38 heavy (non-hydrogen) atoms. The molecule has 0 N–H and O–H groups in total. The summed E-state index contributed by atoms with van der Waals surface area (Å²) >= 11 is 3.46. The summed E-state index contributed by atoms with van der Waals surface area (Å²) in [6, 6.07) is 23.2. The lowest BCUT2D eigenvalue weighted by atomic mass is 10.2. The summed E-state index contributed by atoms with van der Waals surface area (Å²) in [7, 11) is 0. The quantitative estimate of drug-likeness (QED) is 0.229. The molecule has 0 atom stereocenters. The van der Waals surface area contributed by atoms with Crippen molar-refractivity contribution in [3.8, 4) is 11.8 Å². The number of pyridine rings is 2. The molecule has 2 aromatic carbocycles. The lowest BCUT2D eigenvalue weighted by molar-refractivity contribution is 0.619. The Bertz CT molecular complexity index is 2040. The van der Waals surface area contributed by atoms with Gasteiger partial charge >= 0.3 is 5.69 Å². The van der Waals surface area contributed by atoms with Crippen molar-refractivity contribution in [3.05, 3.63) is 110 Å². The Hall–Kier alpha value is -4.55. The van der Waals surface area contributed by atoms with Gasteiger partial charge in [-0.25, -0.2) is 9.78 Å². The van der Waals surface area contributed by atoms with E-state index in [0.29, 0.717) is 21.6 Å². The molecule has 0 aliphatic heterocycles. The summed E-state index contributed by atoms with van der Waals surface area (Å²) in [5.41, 5.74) is 2.56. The molecule has 6 rings (SSSR count). The van der Waals surface area contributed by atoms with Crippen molar-refractivity contribution in [2.45, 2.75) is 26.6 Å². The molecule has 0 spiro atoms. The number of nitrogens with zero attached hydrogens (tertiary/aromatic N) is 6. The first-order valence-corrected chi connectivity index (χ1v) is 12.8. The van der Waals surface area contributed by atoms with E-state index in [1.165, 1.54) is 9.13 Å². The summed E-state index contributed by atoms with van der Waals surface area (Å²) in [5.74, 6) is 5.84. The molecule has 0 bridgehead atoms. The number of hydrogen-bond donors (Lipinski definition) is 0. The molecule has 4 heterocycles. The molecule has 0 saturated carbocycles. The van der Waals surface area contributed by atoms with Crippen molar-refractivity contribution >= 4 is 48.9 Å². The first-order valence-electron chi connectivity index (χ1n) is 12.0. The number of imidazole rings is 1. The number of aromatic nitrogens is 6. The maximum Gasteiger partial charge on any atom is 0.333 e. The molecular formula is C29H21BrN6O2. The van der Waals surface area contributed by atoms with E-state index < -0.39 is 11.2 Å². The van der Waals surface area contributed by atoms with Gasteiger partial charge in [0, 0.05) is 10.8 Å². The number of para-hydroxylation sites is 2. The Labute approximate surface area is 225 Å². The third-order valence-corrected chi connectivity index (χ3v) is 7.04. The second kappa shape index (κ2) is 9.72. The van der Waals surface area contributed by atoms with Gasteiger partial charge in [0.05, 0.1) is 42.1 Å². The zero-order valence-corrected chi connectivity index (χ0v) is 22.0. The molecular weight excluding hydrogens is 544 g/mol. The van der Waals surface area contributed by atoms with Crippen LogP contribution in [-0.4, -0.2) is 28.7 Å². The van der Waals surface area contributed by atoms with E-state index in [1.807, 2.05) is 72.8 Å². The van der Waals surface area contributed by atoms with Gasteiger partial charge < -0.3 is 4.57 Å². The highest BCUT2D eigenvalue weighted by atomic mass is 79.9. The van der Waals surface area contributed by atoms with Crippen molar-refractivity contribution in [1.29, 1.82) is 0 Å². The Balaban J connectivity index is 1.55. The molecule has 6 aromatic rings. The van der Waals surface area contributed by atoms with Gasteiger partial charge in [-0.2, -0.15) is 0 Å². The standard InChI is InChI=1S/C29H21BrN6O2/c1-2-3-16-34-25-26(33-28(34)30)35(17-21-14-12-19-8-4-6-10-23(19)31-21)29(38)36(27(25)37)18-22-15-13-20-9-5-7-11-24(20)32-22/h4-15H,16-18H2,1H3. The van der Waals surface area contributed by atoms with Gasteiger partial charge in [0.1, 0.15) is 0 Å². The van der Waals surface area contributed by atoms with Gasteiger partial charge in [-0.1, -0.05) is 54.5 Å². The van der Waals surface area contributed by atoms with Crippen LogP contribution in [0, 0.1) is 11.8 Å². The third-order valence-electron chi connectivity index (χ3n) is 6.43. The van der Waals surface area contributed by atoms with Gasteiger partial charge in [-0.3, -0.25) is 23.9 Å². The van der Waals surface area contributed by atoms with Crippen LogP contribution < -0.4 is 11.2 Å². The Morgan fingerprint density at radius 3 is 1.92 bits per heavy atom. The van der Waals surface area contributed by atoms with Crippen LogP contribution in [0.1, 0.15) is 18.3 Å². The molecule has 0 aliphatic carbocycles. The number of benzene rings is 2. The maximum atomic E-state index is 13.9. The number of halogens is 1. The lowest BCUT2D eigenvalue weighted by Crippen LogP contribution is -2.41. The van der Waals surface area contributed by atoms with Gasteiger partial charge in [0.25, 0.3) is 5.56 Å². The van der Waals surface area contributed by atoms with Crippen LogP contribution in [0.15, 0.2) is 87.1 Å². The molecule has 0 fully saturated rings. The van der Waals surface area contributed by atoms with Crippen LogP contribution >= 0.6 is 15.9 Å². The highest BCUT2D eigenvalue weighted by Crippen LogP contribution is 2.19. The normalized spacial score (nSPS) is 11.2. The first kappa shape index (κ1) is 23.8. The zero-order valence-electron chi connectivity index (χ0n) is 20.4. The van der Waals surface area contributed by atoms with E-state index in [9.17, 15) is 9.59 Å². The number of fused-ring (bicyclic) bond motifs is 3. The van der Waals surface area contributed by atoms with Gasteiger partial charge in [0.2, 0.25) is 0 Å². The Kier molecular flexibility index (Phi) is 6.10. The molecule has 186 valence electrons. The summed E-state index contributed by atoms with van der Waals surface area (Å²) in [4.78, 5) is 41.6. The third kappa shape index (κ3) is 4.19. The zero-order chi connectivity index (χ0) is 26.2. The van der Waals surface area contributed by atoms with E-state index >= 15 is 0 Å². The predicted molar refractivity (Wildman–Crippen MR) is 151 cm³/mol. The van der Waals surface area contributed by atoms with E-state index in [0.717, 1.165) is 21.8 Å². The second-order valence-corrected chi connectivity index (χ2v) is 9.53. The van der Waals surface area contributed by atoms with Crippen LogP contribution in [0.4, 0.5) is 0 Å². The van der Waals surface area contributed by atoms with Crippen molar-refractivity contribution in [2.75, 3.05) is 0 Å². The van der Waals surface area contributed by atoms with Crippen molar-refractivity contribution in [3.63, 3.8) is 0 Å². The Morgan fingerprint density at radius 1 is 0.737 bits per heavy atom. The van der Waals surface area contributed by atoms with Gasteiger partial charge in [-0.05, 0) is 47.1 Å². The minimum absolute atomic E-state index is 0.0197. The smallest absolute Gasteiger partial charge is 0.301 e. The minimum atomic E-state index is -0.480. The van der Waals surface area contributed by atoms with Crippen LogP contribution in [0.5, 0.6) is 0 Å². The van der Waals surface area contributed by atoms with Crippen LogP contribution in [-0.2, 0) is 19.6 Å². The fourth-order valence-corrected chi connectivity index (χ4v) is 5.04. The second-order valence-electron chi connectivity index (χ2n) is 8.82. The predicted octanol–water partition coefficient (Wildman–Crippen LogP) is 4.34. The maximum absolute atomic E-state index is 13.9. The monoisotopic (exact) mass is 564 g/mol. The van der Waals surface area contributed by atoms with Gasteiger partial charge in [-0.15, -0.1) is 5.92 Å². The van der Waals surface area contributed by atoms with Crippen molar-refractivity contribution in [1.82, 2.24) is 28.7 Å². The highest BCUT2D eigenvalue weighted by molar-refractivity contribution is 9.10. The fraction of sp³-hybridized carbons (Fsp3) is 0.138. The minimum Gasteiger partial charge on any atom is -0.301 e. The number of hydrogen-bond acceptors (Lipinski definition) is 5.